The molecule has 15 heteroatoms. The number of pyridine rings is 1. The highest BCUT2D eigenvalue weighted by Crippen LogP contribution is 2.29. The van der Waals surface area contributed by atoms with Gasteiger partial charge in [0.2, 0.25) is 35.4 Å². The number of amides is 6. The highest BCUT2D eigenvalue weighted by Gasteiger charge is 2.42. The number of ketones is 2. The zero-order chi connectivity index (χ0) is 55.7. The van der Waals surface area contributed by atoms with E-state index in [9.17, 15) is 38.4 Å². The maximum Gasteiger partial charge on any atom is 0.246 e. The van der Waals surface area contributed by atoms with Crippen LogP contribution in [0.5, 0.6) is 0 Å². The van der Waals surface area contributed by atoms with Crippen LogP contribution >= 0.6 is 0 Å². The summed E-state index contributed by atoms with van der Waals surface area (Å²) in [7, 11) is 0. The van der Waals surface area contributed by atoms with E-state index in [1.54, 1.807) is 15.9 Å². The summed E-state index contributed by atoms with van der Waals surface area (Å²) in [5.74, 6) is -2.43. The van der Waals surface area contributed by atoms with E-state index in [0.717, 1.165) is 24.0 Å². The SMILES string of the molecule is CC[C@@H](C)C(=O)N[C@H](C(=O)N1CCC[C@H]1CN(CCc1ccccc1)C(=O)CCC(=O)c1cccc(C(=O)CCC(=O)N(CCc2ccccc2)C[C@@H]2CCCN2C(=O)[C@@H](NC(=O)[C@H](C)CC)C(C)(C)C)n1)C(C)(C)C. The molecule has 0 aliphatic carbocycles. The number of likely N-dealkylation sites (tertiary alicyclic amines) is 2. The molecule has 0 radical (unpaired) electrons. The fourth-order valence-electron chi connectivity index (χ4n) is 9.92. The lowest BCUT2D eigenvalue weighted by Gasteiger charge is -2.37. The fraction of sp³-hybridized carbons (Fsp3) is 0.590. The van der Waals surface area contributed by atoms with Crippen molar-refractivity contribution >= 4 is 47.0 Å². The maximum absolute atomic E-state index is 14.3. The van der Waals surface area contributed by atoms with Gasteiger partial charge in [0.1, 0.15) is 23.5 Å². The number of hydrogen-bond acceptors (Lipinski definition) is 9. The number of nitrogens with one attached hydrogen (secondary N) is 2. The highest BCUT2D eigenvalue weighted by atomic mass is 16.2. The number of aromatic nitrogens is 1. The topological polar surface area (TPSA) is 186 Å². The molecule has 2 aliphatic rings. The molecule has 5 rings (SSSR count). The smallest absolute Gasteiger partial charge is 0.246 e. The van der Waals surface area contributed by atoms with Crippen LogP contribution in [0.3, 0.4) is 0 Å². The maximum atomic E-state index is 14.3. The Hall–Kier alpha value is -6.25. The third-order valence-corrected chi connectivity index (χ3v) is 15.3. The van der Waals surface area contributed by atoms with Crippen molar-refractivity contribution in [2.24, 2.45) is 22.7 Å². The lowest BCUT2D eigenvalue weighted by molar-refractivity contribution is -0.142. The standard InChI is InChI=1S/C61H87N7O8/c1-11-42(3)56(73)63-54(60(5,6)7)58(75)67-36-20-26-46(67)40-65(38-34-44-22-15-13-16-23-44)52(71)32-30-50(69)48-28-19-29-49(62-48)51(70)31-33-53(72)66(39-35-45-24-17-14-18-25-45)41-47-27-21-37-68(47)59(76)55(61(8,9)10)64-57(74)43(4)12-2/h13-19,22-25,28-29,42-43,46-47,54-55H,11-12,20-21,26-27,30-41H2,1-10H3,(H,63,73)(H,64,74)/t42-,43-,46+,47+,54-,55-/m1/s1. The molecular formula is C61H87N7O8. The molecule has 76 heavy (non-hydrogen) atoms. The summed E-state index contributed by atoms with van der Waals surface area (Å²) in [5, 5.41) is 6.06. The molecule has 6 amide bonds. The van der Waals surface area contributed by atoms with Gasteiger partial charge in [0.25, 0.3) is 0 Å². The molecule has 15 nitrogen and oxygen atoms in total. The van der Waals surface area contributed by atoms with Crippen LogP contribution in [-0.4, -0.2) is 135 Å². The average molecular weight is 1050 g/mol. The van der Waals surface area contributed by atoms with Crippen molar-refractivity contribution in [3.05, 3.63) is 101 Å². The van der Waals surface area contributed by atoms with E-state index in [1.807, 2.05) is 140 Å². The number of rotatable bonds is 26. The summed E-state index contributed by atoms with van der Waals surface area (Å²) >= 11 is 0. The molecule has 2 saturated heterocycles. The molecule has 3 aromatic rings. The Bertz CT molecular complexity index is 2290. The van der Waals surface area contributed by atoms with E-state index in [2.05, 4.69) is 15.6 Å². The number of carbonyl (C=O) groups excluding carboxylic acids is 8. The molecular weight excluding hydrogens is 959 g/mol. The quantitative estimate of drug-likeness (QED) is 0.0747. The minimum Gasteiger partial charge on any atom is -0.344 e. The van der Waals surface area contributed by atoms with Crippen molar-refractivity contribution < 1.29 is 38.4 Å². The molecule has 0 spiro atoms. The first kappa shape index (κ1) is 60.6. The van der Waals surface area contributed by atoms with Crippen molar-refractivity contribution in [2.75, 3.05) is 39.3 Å². The van der Waals surface area contributed by atoms with Crippen molar-refractivity contribution in [1.82, 2.24) is 35.2 Å². The molecule has 2 aliphatic heterocycles. The summed E-state index contributed by atoms with van der Waals surface area (Å²) in [6, 6.07) is 22.2. The Balaban J connectivity index is 1.25. The summed E-state index contributed by atoms with van der Waals surface area (Å²) in [5.41, 5.74) is 1.08. The van der Waals surface area contributed by atoms with Gasteiger partial charge in [-0.05, 0) is 85.5 Å². The number of nitrogens with zero attached hydrogens (tertiary/aromatic N) is 5. The van der Waals surface area contributed by atoms with E-state index >= 15 is 0 Å². The van der Waals surface area contributed by atoms with Crippen LogP contribution < -0.4 is 10.6 Å². The van der Waals surface area contributed by atoms with E-state index in [-0.39, 0.29) is 110 Å². The van der Waals surface area contributed by atoms with Gasteiger partial charge >= 0.3 is 0 Å². The first-order valence-corrected chi connectivity index (χ1v) is 27.9. The van der Waals surface area contributed by atoms with Gasteiger partial charge in [-0.1, -0.05) is 136 Å². The minimum absolute atomic E-state index is 0.0467. The largest absolute Gasteiger partial charge is 0.344 e. The van der Waals surface area contributed by atoms with Crippen LogP contribution in [0.15, 0.2) is 78.9 Å². The van der Waals surface area contributed by atoms with Crippen LogP contribution in [0.1, 0.15) is 166 Å². The highest BCUT2D eigenvalue weighted by molar-refractivity contribution is 6.00. The predicted molar refractivity (Wildman–Crippen MR) is 296 cm³/mol. The average Bonchev–Trinajstić information content (AvgIpc) is 4.09. The molecule has 2 fully saturated rings. The number of benzene rings is 2. The van der Waals surface area contributed by atoms with Gasteiger partial charge in [-0.2, -0.15) is 0 Å². The molecule has 0 bridgehead atoms. The van der Waals surface area contributed by atoms with Crippen LogP contribution in [-0.2, 0) is 41.6 Å². The van der Waals surface area contributed by atoms with Crippen molar-refractivity contribution in [3.63, 3.8) is 0 Å². The van der Waals surface area contributed by atoms with Crippen molar-refractivity contribution in [1.29, 1.82) is 0 Å². The Kier molecular flexibility index (Phi) is 22.5. The van der Waals surface area contributed by atoms with Gasteiger partial charge in [0.15, 0.2) is 11.6 Å². The summed E-state index contributed by atoms with van der Waals surface area (Å²) in [6.45, 7) is 21.5. The van der Waals surface area contributed by atoms with E-state index < -0.39 is 34.5 Å². The lowest BCUT2D eigenvalue weighted by Crippen LogP contribution is -2.57. The Morgan fingerprint density at radius 3 is 1.26 bits per heavy atom. The molecule has 0 unspecified atom stereocenters. The van der Waals surface area contributed by atoms with Gasteiger partial charge in [-0.25, -0.2) is 4.98 Å². The second-order valence-corrected chi connectivity index (χ2v) is 23.3. The van der Waals surface area contributed by atoms with Gasteiger partial charge in [0.05, 0.1) is 0 Å². The molecule has 0 saturated carbocycles. The number of hydrogen-bond donors (Lipinski definition) is 2. The van der Waals surface area contributed by atoms with Crippen molar-refractivity contribution in [3.8, 4) is 0 Å². The summed E-state index contributed by atoms with van der Waals surface area (Å²) < 4.78 is 0. The van der Waals surface area contributed by atoms with Crippen LogP contribution in [0, 0.1) is 22.7 Å². The van der Waals surface area contributed by atoms with E-state index in [1.165, 1.54) is 12.1 Å². The third-order valence-electron chi connectivity index (χ3n) is 15.3. The molecule has 3 heterocycles. The van der Waals surface area contributed by atoms with Crippen LogP contribution in [0.4, 0.5) is 0 Å². The molecule has 6 atom stereocenters. The van der Waals surface area contributed by atoms with Gasteiger partial charge in [0, 0.05) is 88.9 Å². The van der Waals surface area contributed by atoms with E-state index in [0.29, 0.717) is 64.7 Å². The Morgan fingerprint density at radius 1 is 0.553 bits per heavy atom. The van der Waals surface area contributed by atoms with Crippen LogP contribution in [0.25, 0.3) is 0 Å². The molecule has 2 N–H and O–H groups in total. The van der Waals surface area contributed by atoms with Gasteiger partial charge in [-0.3, -0.25) is 38.4 Å². The summed E-state index contributed by atoms with van der Waals surface area (Å²) in [4.78, 5) is 122. The van der Waals surface area contributed by atoms with Crippen molar-refractivity contribution in [2.45, 2.75) is 170 Å². The zero-order valence-corrected chi connectivity index (χ0v) is 47.2. The monoisotopic (exact) mass is 1050 g/mol. The normalized spacial score (nSPS) is 17.3. The Labute approximate surface area is 452 Å². The van der Waals surface area contributed by atoms with Gasteiger partial charge in [-0.15, -0.1) is 0 Å². The second-order valence-electron chi connectivity index (χ2n) is 23.3. The minimum atomic E-state index is -0.744. The first-order chi connectivity index (χ1) is 36.0. The number of Topliss-reactive ketones (excluding diaryl/α,β-unsaturated/α-hetero) is 2. The zero-order valence-electron chi connectivity index (χ0n) is 47.2. The van der Waals surface area contributed by atoms with E-state index in [4.69, 9.17) is 0 Å². The summed E-state index contributed by atoms with van der Waals surface area (Å²) in [6.07, 6.45) is 4.84. The second kappa shape index (κ2) is 28.2. The predicted octanol–water partition coefficient (Wildman–Crippen LogP) is 8.29. The lowest BCUT2D eigenvalue weighted by atomic mass is 9.85. The molecule has 2 aromatic carbocycles. The molecule has 414 valence electrons. The fourth-order valence-corrected chi connectivity index (χ4v) is 9.92. The third kappa shape index (κ3) is 17.4. The Morgan fingerprint density at radius 2 is 0.921 bits per heavy atom. The first-order valence-electron chi connectivity index (χ1n) is 27.9. The molecule has 1 aromatic heterocycles. The van der Waals surface area contributed by atoms with Gasteiger partial charge < -0.3 is 30.2 Å². The number of carbonyl (C=O) groups is 8. The van der Waals surface area contributed by atoms with Crippen LogP contribution in [0.2, 0.25) is 0 Å².